The van der Waals surface area contributed by atoms with E-state index in [-0.39, 0.29) is 11.5 Å². The standard InChI is InChI=1S/C15H21NO2/c1-3-16(12-6-4-5-7-12)13-8-9-14(11(2)17)15(18)10-13/h8-10,12,18H,3-7H2,1-2H3. The average Bonchev–Trinajstić information content (AvgIpc) is 2.83. The van der Waals surface area contributed by atoms with Gasteiger partial charge in [0.2, 0.25) is 0 Å². The van der Waals surface area contributed by atoms with Crippen LogP contribution in [0.1, 0.15) is 49.9 Å². The zero-order chi connectivity index (χ0) is 13.1. The lowest BCUT2D eigenvalue weighted by Gasteiger charge is -2.30. The molecular formula is C15H21NO2. The van der Waals surface area contributed by atoms with Crippen molar-refractivity contribution in [1.29, 1.82) is 0 Å². The van der Waals surface area contributed by atoms with Crippen molar-refractivity contribution in [3.8, 4) is 5.75 Å². The van der Waals surface area contributed by atoms with Crippen LogP contribution in [-0.4, -0.2) is 23.5 Å². The molecule has 1 saturated carbocycles. The van der Waals surface area contributed by atoms with Gasteiger partial charge in [0.05, 0.1) is 5.56 Å². The van der Waals surface area contributed by atoms with E-state index in [1.54, 1.807) is 12.1 Å². The Morgan fingerprint density at radius 2 is 2.06 bits per heavy atom. The average molecular weight is 247 g/mol. The highest BCUT2D eigenvalue weighted by molar-refractivity contribution is 5.97. The number of hydrogen-bond acceptors (Lipinski definition) is 3. The molecule has 2 rings (SSSR count). The van der Waals surface area contributed by atoms with Crippen molar-refractivity contribution >= 4 is 11.5 Å². The molecule has 0 radical (unpaired) electrons. The highest BCUT2D eigenvalue weighted by Gasteiger charge is 2.22. The molecule has 1 aromatic rings. The molecule has 0 atom stereocenters. The number of benzene rings is 1. The largest absolute Gasteiger partial charge is 0.507 e. The molecule has 3 heteroatoms. The number of rotatable bonds is 4. The Morgan fingerprint density at radius 3 is 2.56 bits per heavy atom. The van der Waals surface area contributed by atoms with Crippen molar-refractivity contribution < 1.29 is 9.90 Å². The summed E-state index contributed by atoms with van der Waals surface area (Å²) in [6, 6.07) is 5.97. The second-order valence-electron chi connectivity index (χ2n) is 4.98. The van der Waals surface area contributed by atoms with E-state index in [2.05, 4.69) is 11.8 Å². The van der Waals surface area contributed by atoms with Gasteiger partial charge in [0, 0.05) is 24.3 Å². The lowest BCUT2D eigenvalue weighted by Crippen LogP contribution is -2.32. The molecular weight excluding hydrogens is 226 g/mol. The molecule has 1 N–H and O–H groups in total. The van der Waals surface area contributed by atoms with E-state index in [4.69, 9.17) is 0 Å². The van der Waals surface area contributed by atoms with Crippen LogP contribution in [0.15, 0.2) is 18.2 Å². The van der Waals surface area contributed by atoms with E-state index >= 15 is 0 Å². The predicted octanol–water partition coefficient (Wildman–Crippen LogP) is 3.36. The second kappa shape index (κ2) is 5.42. The Labute approximate surface area is 108 Å². The second-order valence-corrected chi connectivity index (χ2v) is 4.98. The zero-order valence-corrected chi connectivity index (χ0v) is 11.1. The van der Waals surface area contributed by atoms with E-state index < -0.39 is 0 Å². The van der Waals surface area contributed by atoms with Crippen LogP contribution in [0.4, 0.5) is 5.69 Å². The Hall–Kier alpha value is -1.51. The van der Waals surface area contributed by atoms with Gasteiger partial charge in [-0.1, -0.05) is 12.8 Å². The first-order valence-corrected chi connectivity index (χ1v) is 6.74. The van der Waals surface area contributed by atoms with Crippen LogP contribution < -0.4 is 4.90 Å². The molecule has 0 aliphatic heterocycles. The first-order valence-electron chi connectivity index (χ1n) is 6.74. The summed E-state index contributed by atoms with van der Waals surface area (Å²) < 4.78 is 0. The molecule has 0 amide bonds. The van der Waals surface area contributed by atoms with Gasteiger partial charge in [0.25, 0.3) is 0 Å². The first kappa shape index (κ1) is 12.9. The van der Waals surface area contributed by atoms with Crippen molar-refractivity contribution in [3.63, 3.8) is 0 Å². The van der Waals surface area contributed by atoms with Gasteiger partial charge in [-0.25, -0.2) is 0 Å². The SMILES string of the molecule is CCN(c1ccc(C(C)=O)c(O)c1)C1CCCC1. The minimum atomic E-state index is -0.0945. The van der Waals surface area contributed by atoms with E-state index in [1.807, 2.05) is 6.07 Å². The van der Waals surface area contributed by atoms with Crippen LogP contribution in [-0.2, 0) is 0 Å². The minimum Gasteiger partial charge on any atom is -0.507 e. The van der Waals surface area contributed by atoms with Gasteiger partial charge < -0.3 is 10.0 Å². The smallest absolute Gasteiger partial charge is 0.163 e. The number of ketones is 1. The summed E-state index contributed by atoms with van der Waals surface area (Å²) in [4.78, 5) is 13.6. The number of aromatic hydroxyl groups is 1. The quantitative estimate of drug-likeness (QED) is 0.829. The molecule has 1 fully saturated rings. The predicted molar refractivity (Wildman–Crippen MR) is 73.4 cm³/mol. The molecule has 1 aromatic carbocycles. The van der Waals surface area contributed by atoms with Crippen molar-refractivity contribution in [1.82, 2.24) is 0 Å². The first-order chi connectivity index (χ1) is 8.63. The number of phenols is 1. The zero-order valence-electron chi connectivity index (χ0n) is 11.1. The number of nitrogens with zero attached hydrogens (tertiary/aromatic N) is 1. The summed E-state index contributed by atoms with van der Waals surface area (Å²) in [6.45, 7) is 4.54. The van der Waals surface area contributed by atoms with Crippen LogP contribution in [0.5, 0.6) is 5.75 Å². The summed E-state index contributed by atoms with van der Waals surface area (Å²) in [6.07, 6.45) is 5.03. The van der Waals surface area contributed by atoms with E-state index in [0.717, 1.165) is 12.2 Å². The summed E-state index contributed by atoms with van der Waals surface area (Å²) in [7, 11) is 0. The Balaban J connectivity index is 2.26. The van der Waals surface area contributed by atoms with Gasteiger partial charge in [0.15, 0.2) is 5.78 Å². The Kier molecular flexibility index (Phi) is 3.90. The number of carbonyl (C=O) groups is 1. The topological polar surface area (TPSA) is 40.5 Å². The van der Waals surface area contributed by atoms with Crippen LogP contribution >= 0.6 is 0 Å². The third-order valence-corrected chi connectivity index (χ3v) is 3.80. The summed E-state index contributed by atoms with van der Waals surface area (Å²) >= 11 is 0. The molecule has 0 aromatic heterocycles. The van der Waals surface area contributed by atoms with Crippen molar-refractivity contribution in [3.05, 3.63) is 23.8 Å². The highest BCUT2D eigenvalue weighted by atomic mass is 16.3. The van der Waals surface area contributed by atoms with Crippen LogP contribution in [0.2, 0.25) is 0 Å². The number of carbonyl (C=O) groups excluding carboxylic acids is 1. The summed E-state index contributed by atoms with van der Waals surface area (Å²) in [5, 5.41) is 9.90. The van der Waals surface area contributed by atoms with Gasteiger partial charge in [0.1, 0.15) is 5.75 Å². The monoisotopic (exact) mass is 247 g/mol. The normalized spacial score (nSPS) is 15.9. The number of Topliss-reactive ketones (excluding diaryl/α,β-unsaturated/α-hetero) is 1. The Bertz CT molecular complexity index is 436. The van der Waals surface area contributed by atoms with Gasteiger partial charge in [-0.05, 0) is 38.8 Å². The van der Waals surface area contributed by atoms with Crippen LogP contribution in [0.3, 0.4) is 0 Å². The third-order valence-electron chi connectivity index (χ3n) is 3.80. The third kappa shape index (κ3) is 2.50. The molecule has 0 saturated heterocycles. The molecule has 1 aliphatic carbocycles. The fourth-order valence-electron chi connectivity index (χ4n) is 2.86. The Morgan fingerprint density at radius 1 is 1.39 bits per heavy atom. The molecule has 1 aliphatic rings. The van der Waals surface area contributed by atoms with Gasteiger partial charge in [-0.3, -0.25) is 4.79 Å². The van der Waals surface area contributed by atoms with Gasteiger partial charge >= 0.3 is 0 Å². The van der Waals surface area contributed by atoms with Gasteiger partial charge in [-0.2, -0.15) is 0 Å². The maximum atomic E-state index is 11.3. The maximum absolute atomic E-state index is 11.3. The molecule has 18 heavy (non-hydrogen) atoms. The molecule has 0 heterocycles. The molecule has 0 unspecified atom stereocenters. The lowest BCUT2D eigenvalue weighted by molar-refractivity contribution is 0.101. The number of anilines is 1. The molecule has 0 bridgehead atoms. The summed E-state index contributed by atoms with van der Waals surface area (Å²) in [5.74, 6) is -0.000545. The van der Waals surface area contributed by atoms with E-state index in [9.17, 15) is 9.90 Å². The lowest BCUT2D eigenvalue weighted by atomic mass is 10.1. The minimum absolute atomic E-state index is 0.0939. The van der Waals surface area contributed by atoms with E-state index in [1.165, 1.54) is 32.6 Å². The highest BCUT2D eigenvalue weighted by Crippen LogP contribution is 2.31. The fraction of sp³-hybridized carbons (Fsp3) is 0.533. The van der Waals surface area contributed by atoms with Crippen LogP contribution in [0.25, 0.3) is 0 Å². The van der Waals surface area contributed by atoms with Crippen molar-refractivity contribution in [2.24, 2.45) is 0 Å². The van der Waals surface area contributed by atoms with Gasteiger partial charge in [-0.15, -0.1) is 0 Å². The molecule has 0 spiro atoms. The number of phenolic OH excluding ortho intramolecular Hbond substituents is 1. The van der Waals surface area contributed by atoms with Crippen molar-refractivity contribution in [2.45, 2.75) is 45.6 Å². The van der Waals surface area contributed by atoms with E-state index in [0.29, 0.717) is 11.6 Å². The molecule has 98 valence electrons. The van der Waals surface area contributed by atoms with Crippen molar-refractivity contribution in [2.75, 3.05) is 11.4 Å². The fourth-order valence-corrected chi connectivity index (χ4v) is 2.86. The molecule has 3 nitrogen and oxygen atoms in total. The maximum Gasteiger partial charge on any atom is 0.163 e. The summed E-state index contributed by atoms with van der Waals surface area (Å²) in [5.41, 5.74) is 1.42. The number of hydrogen-bond donors (Lipinski definition) is 1. The van der Waals surface area contributed by atoms with Crippen LogP contribution in [0, 0.1) is 0 Å².